The van der Waals surface area contributed by atoms with Crippen LogP contribution >= 0.6 is 0 Å². The lowest BCUT2D eigenvalue weighted by Gasteiger charge is -2.09. The lowest BCUT2D eigenvalue weighted by atomic mass is 9.97. The number of unbranched alkanes of at least 4 members (excludes halogenated alkanes) is 10. The fraction of sp³-hybridized carbons (Fsp3) is 1.00. The molecule has 0 fully saturated rings. The van der Waals surface area contributed by atoms with Gasteiger partial charge in [-0.15, -0.1) is 0 Å². The van der Waals surface area contributed by atoms with Gasteiger partial charge in [-0.25, -0.2) is 0 Å². The summed E-state index contributed by atoms with van der Waals surface area (Å²) in [5.74, 6) is 0.811. The van der Waals surface area contributed by atoms with Gasteiger partial charge in [0.2, 0.25) is 0 Å². The molecule has 0 heterocycles. The van der Waals surface area contributed by atoms with E-state index in [9.17, 15) is 0 Å². The van der Waals surface area contributed by atoms with Gasteiger partial charge >= 0.3 is 0 Å². The second kappa shape index (κ2) is 16.0. The predicted octanol–water partition coefficient (Wildman–Crippen LogP) is 6.10. The molecule has 0 saturated heterocycles. The Balaban J connectivity index is 3.02. The highest BCUT2D eigenvalue weighted by molar-refractivity contribution is 4.54. The molecule has 0 aromatic carbocycles. The molecule has 0 unspecified atom stereocenters. The maximum Gasteiger partial charge on any atom is 0.0431 e. The van der Waals surface area contributed by atoms with Crippen molar-refractivity contribution in [2.45, 2.75) is 104 Å². The van der Waals surface area contributed by atoms with Gasteiger partial charge in [-0.2, -0.15) is 0 Å². The zero-order chi connectivity index (χ0) is 14.2. The highest BCUT2D eigenvalue weighted by Crippen LogP contribution is 2.16. The lowest BCUT2D eigenvalue weighted by Crippen LogP contribution is -1.96. The number of aliphatic hydroxyl groups excluding tert-OH is 1. The molecule has 1 atom stereocenters. The summed E-state index contributed by atoms with van der Waals surface area (Å²) in [6.45, 7) is 4.97. The topological polar surface area (TPSA) is 20.2 Å². The van der Waals surface area contributed by atoms with E-state index >= 15 is 0 Å². The van der Waals surface area contributed by atoms with Crippen LogP contribution in [0.3, 0.4) is 0 Å². The molecule has 0 aromatic rings. The number of aliphatic hydroxyl groups is 1. The summed E-state index contributed by atoms with van der Waals surface area (Å²) in [4.78, 5) is 0. The quantitative estimate of drug-likeness (QED) is 0.357. The molecule has 116 valence electrons. The Labute approximate surface area is 122 Å². The summed E-state index contributed by atoms with van der Waals surface area (Å²) >= 11 is 0. The highest BCUT2D eigenvalue weighted by atomic mass is 16.2. The average molecular weight is 271 g/mol. The summed E-state index contributed by atoms with van der Waals surface area (Å²) in [5, 5.41) is 8.78. The minimum Gasteiger partial charge on any atom is -0.396 e. The minimum atomic E-state index is 0.364. The van der Waals surface area contributed by atoms with Gasteiger partial charge in [0.05, 0.1) is 0 Å². The van der Waals surface area contributed by atoms with Gasteiger partial charge in [-0.3, -0.25) is 0 Å². The van der Waals surface area contributed by atoms with E-state index in [0.717, 1.165) is 12.3 Å². The zero-order valence-electron chi connectivity index (χ0n) is 13.6. The first kappa shape index (κ1) is 19.0. The molecule has 19 heavy (non-hydrogen) atoms. The molecule has 0 radical (unpaired) electrons. The van der Waals surface area contributed by atoms with Gasteiger partial charge in [-0.1, -0.05) is 90.9 Å². The Hall–Kier alpha value is -0.0400. The van der Waals surface area contributed by atoms with Crippen LogP contribution in [0.2, 0.25) is 0 Å². The van der Waals surface area contributed by atoms with Crippen molar-refractivity contribution in [2.24, 2.45) is 5.92 Å². The van der Waals surface area contributed by atoms with E-state index < -0.39 is 0 Å². The molecular weight excluding hydrogens is 232 g/mol. The summed E-state index contributed by atoms with van der Waals surface area (Å²) in [5.41, 5.74) is 0. The molecular formula is C18H38O. The van der Waals surface area contributed by atoms with Gasteiger partial charge in [-0.05, 0) is 18.8 Å². The largest absolute Gasteiger partial charge is 0.396 e. The molecule has 0 aliphatic heterocycles. The fourth-order valence-electron chi connectivity index (χ4n) is 2.74. The van der Waals surface area contributed by atoms with Crippen molar-refractivity contribution in [3.63, 3.8) is 0 Å². The maximum absolute atomic E-state index is 8.78. The van der Waals surface area contributed by atoms with E-state index in [4.69, 9.17) is 5.11 Å². The van der Waals surface area contributed by atoms with Gasteiger partial charge in [0.1, 0.15) is 0 Å². The monoisotopic (exact) mass is 270 g/mol. The Morgan fingerprint density at radius 2 is 1.05 bits per heavy atom. The molecule has 1 heteroatoms. The van der Waals surface area contributed by atoms with Crippen molar-refractivity contribution in [3.05, 3.63) is 0 Å². The van der Waals surface area contributed by atoms with E-state index in [1.165, 1.54) is 83.5 Å². The first-order valence-electron chi connectivity index (χ1n) is 8.92. The van der Waals surface area contributed by atoms with Crippen molar-refractivity contribution < 1.29 is 5.11 Å². The molecule has 0 rings (SSSR count). The van der Waals surface area contributed by atoms with E-state index in [2.05, 4.69) is 13.8 Å². The minimum absolute atomic E-state index is 0.364. The van der Waals surface area contributed by atoms with E-state index in [-0.39, 0.29) is 0 Å². The second-order valence-corrected chi connectivity index (χ2v) is 6.30. The molecule has 0 spiro atoms. The maximum atomic E-state index is 8.78. The van der Waals surface area contributed by atoms with Crippen LogP contribution in [0.4, 0.5) is 0 Å². The Kier molecular flexibility index (Phi) is 16.0. The molecule has 0 bridgehead atoms. The molecule has 0 amide bonds. The van der Waals surface area contributed by atoms with Crippen molar-refractivity contribution in [1.82, 2.24) is 0 Å². The van der Waals surface area contributed by atoms with Crippen molar-refractivity contribution in [3.8, 4) is 0 Å². The molecule has 1 N–H and O–H groups in total. The van der Waals surface area contributed by atoms with E-state index in [1.54, 1.807) is 0 Å². The van der Waals surface area contributed by atoms with E-state index in [1.807, 2.05) is 0 Å². The number of rotatable bonds is 15. The van der Waals surface area contributed by atoms with Crippen molar-refractivity contribution >= 4 is 0 Å². The van der Waals surface area contributed by atoms with Crippen LogP contribution < -0.4 is 0 Å². The Morgan fingerprint density at radius 1 is 0.632 bits per heavy atom. The molecule has 0 aromatic heterocycles. The Morgan fingerprint density at radius 3 is 1.53 bits per heavy atom. The third-order valence-electron chi connectivity index (χ3n) is 4.16. The first-order chi connectivity index (χ1) is 9.31. The van der Waals surface area contributed by atoms with Crippen LogP contribution in [0.15, 0.2) is 0 Å². The molecule has 0 aliphatic carbocycles. The summed E-state index contributed by atoms with van der Waals surface area (Å²) in [6, 6.07) is 0. The number of hydrogen-bond donors (Lipinski definition) is 1. The molecule has 0 aliphatic rings. The predicted molar refractivity (Wildman–Crippen MR) is 86.6 cm³/mol. The number of hydrogen-bond acceptors (Lipinski definition) is 1. The summed E-state index contributed by atoms with van der Waals surface area (Å²) < 4.78 is 0. The van der Waals surface area contributed by atoms with Crippen LogP contribution in [-0.4, -0.2) is 11.7 Å². The van der Waals surface area contributed by atoms with Crippen molar-refractivity contribution in [1.29, 1.82) is 0 Å². The third kappa shape index (κ3) is 15.9. The third-order valence-corrected chi connectivity index (χ3v) is 4.16. The summed E-state index contributed by atoms with van der Waals surface area (Å²) in [7, 11) is 0. The van der Waals surface area contributed by atoms with Crippen molar-refractivity contribution in [2.75, 3.05) is 6.61 Å². The smallest absolute Gasteiger partial charge is 0.0431 e. The Bertz CT molecular complexity index is 156. The molecule has 0 saturated carbocycles. The second-order valence-electron chi connectivity index (χ2n) is 6.30. The van der Waals surface area contributed by atoms with Gasteiger partial charge in [0.25, 0.3) is 0 Å². The standard InChI is InChI=1S/C18H38O/c1-3-4-5-6-7-8-9-10-11-12-13-15-18(2)16-14-17-19/h18-19H,3-17H2,1-2H3/t18-/m0/s1. The SMILES string of the molecule is CCCCCCCCCCCCC[C@H](C)CCCO. The van der Waals surface area contributed by atoms with Gasteiger partial charge < -0.3 is 5.11 Å². The lowest BCUT2D eigenvalue weighted by molar-refractivity contribution is 0.270. The fourth-order valence-corrected chi connectivity index (χ4v) is 2.74. The normalized spacial score (nSPS) is 12.8. The van der Waals surface area contributed by atoms with Gasteiger partial charge in [0.15, 0.2) is 0 Å². The van der Waals surface area contributed by atoms with Crippen LogP contribution in [0.1, 0.15) is 104 Å². The molecule has 1 nitrogen and oxygen atoms in total. The zero-order valence-corrected chi connectivity index (χ0v) is 13.6. The van der Waals surface area contributed by atoms with Crippen LogP contribution in [0.5, 0.6) is 0 Å². The van der Waals surface area contributed by atoms with Gasteiger partial charge in [0, 0.05) is 6.61 Å². The van der Waals surface area contributed by atoms with Crippen LogP contribution in [-0.2, 0) is 0 Å². The highest BCUT2D eigenvalue weighted by Gasteiger charge is 2.01. The first-order valence-corrected chi connectivity index (χ1v) is 8.92. The average Bonchev–Trinajstić information content (AvgIpc) is 2.42. The van der Waals surface area contributed by atoms with E-state index in [0.29, 0.717) is 6.61 Å². The van der Waals surface area contributed by atoms with Crippen LogP contribution in [0, 0.1) is 5.92 Å². The summed E-state index contributed by atoms with van der Waals surface area (Å²) in [6.07, 6.45) is 19.3. The van der Waals surface area contributed by atoms with Crippen LogP contribution in [0.25, 0.3) is 0 Å².